The number of nitrogens with one attached hydrogen (secondary N) is 3. The number of pyridine rings is 1. The number of amides is 3. The maximum absolute atomic E-state index is 12.1. The quantitative estimate of drug-likeness (QED) is 0.645. The van der Waals surface area contributed by atoms with Gasteiger partial charge in [-0.15, -0.1) is 0 Å². The van der Waals surface area contributed by atoms with Gasteiger partial charge < -0.3 is 25.4 Å². The Kier molecular flexibility index (Phi) is 5.24. The highest BCUT2D eigenvalue weighted by molar-refractivity contribution is 5.93. The van der Waals surface area contributed by atoms with Gasteiger partial charge in [0.2, 0.25) is 5.91 Å². The van der Waals surface area contributed by atoms with Gasteiger partial charge in [0, 0.05) is 23.7 Å². The molecule has 0 bridgehead atoms. The molecular formula is C23H28N4O4. The lowest BCUT2D eigenvalue weighted by Crippen LogP contribution is -2.48. The smallest absolute Gasteiger partial charge is 0.315 e. The number of carbonyl (C=O) groups is 2. The van der Waals surface area contributed by atoms with Gasteiger partial charge in [0.15, 0.2) is 0 Å². The average Bonchev–Trinajstić information content (AvgIpc) is 3.22. The lowest BCUT2D eigenvalue weighted by atomic mass is 10.1. The molecule has 8 nitrogen and oxygen atoms in total. The molecule has 3 atom stereocenters. The number of nitrogens with zero attached hydrogens (tertiary/aromatic N) is 1. The van der Waals surface area contributed by atoms with E-state index in [9.17, 15) is 9.59 Å². The molecule has 3 heterocycles. The van der Waals surface area contributed by atoms with E-state index in [0.717, 1.165) is 11.1 Å². The van der Waals surface area contributed by atoms with Crippen molar-refractivity contribution in [3.8, 4) is 5.75 Å². The van der Waals surface area contributed by atoms with E-state index < -0.39 is 0 Å². The summed E-state index contributed by atoms with van der Waals surface area (Å²) in [6, 6.07) is 1.54. The molecule has 1 aromatic heterocycles. The Balaban J connectivity index is 1.35. The van der Waals surface area contributed by atoms with Gasteiger partial charge in [-0.25, -0.2) is 9.78 Å². The fraction of sp³-hybridized carbons (Fsp3) is 0.435. The van der Waals surface area contributed by atoms with Crippen molar-refractivity contribution in [2.45, 2.75) is 58.2 Å². The minimum Gasteiger partial charge on any atom is -0.487 e. The Bertz CT molecular complexity index is 1010. The van der Waals surface area contributed by atoms with E-state index in [1.807, 2.05) is 39.8 Å². The number of fused-ring (bicyclic) bond motifs is 2. The van der Waals surface area contributed by atoms with Crippen LogP contribution in [0.5, 0.6) is 5.75 Å². The molecule has 0 spiro atoms. The van der Waals surface area contributed by atoms with Crippen molar-refractivity contribution >= 4 is 17.8 Å². The Labute approximate surface area is 181 Å². The number of hydrogen-bond acceptors (Lipinski definition) is 5. The van der Waals surface area contributed by atoms with Crippen molar-refractivity contribution in [3.05, 3.63) is 53.6 Å². The van der Waals surface area contributed by atoms with Crippen LogP contribution in [0, 0.1) is 5.92 Å². The van der Waals surface area contributed by atoms with Crippen LogP contribution >= 0.6 is 0 Å². The molecule has 2 aliphatic heterocycles. The molecule has 3 amide bonds. The Hall–Kier alpha value is -3.29. The van der Waals surface area contributed by atoms with Gasteiger partial charge in [0.1, 0.15) is 29.2 Å². The van der Waals surface area contributed by atoms with Gasteiger partial charge in [0.05, 0.1) is 12.0 Å². The summed E-state index contributed by atoms with van der Waals surface area (Å²) in [6.07, 6.45) is 6.22. The van der Waals surface area contributed by atoms with Gasteiger partial charge in [-0.2, -0.15) is 0 Å². The van der Waals surface area contributed by atoms with Crippen LogP contribution in [0.1, 0.15) is 39.7 Å². The summed E-state index contributed by atoms with van der Waals surface area (Å²) in [5.41, 5.74) is 1.48. The molecule has 3 aliphatic rings. The summed E-state index contributed by atoms with van der Waals surface area (Å²) >= 11 is 0. The first-order valence-corrected chi connectivity index (χ1v) is 10.4. The standard InChI is InChI=1S/C23H28N4O4/c1-12(30-16-10-11-24-21-14(16)7-9-17(28)25-21)6-8-15-13(2)18-19(20(18)31-15)26-22(29)27-23(3,4)5/h6,8,10-11,18-20H,2,7,9H2,1,3-5H3,(H,24,25,28)(H2,26,27,29)/b12-6+,15-8+/t18-,19-,20-/m0/s1. The SMILES string of the molecule is C=C1/C(=C\C=C(/C)Oc2ccnc3c2CCC(=O)N3)O[C@@H]2[C@@H](NC(=O)NC(C)(C)C)[C@H]12. The van der Waals surface area contributed by atoms with Gasteiger partial charge in [-0.1, -0.05) is 6.58 Å². The molecule has 0 radical (unpaired) electrons. The van der Waals surface area contributed by atoms with Crippen LogP contribution in [0.25, 0.3) is 0 Å². The van der Waals surface area contributed by atoms with Crippen molar-refractivity contribution < 1.29 is 19.1 Å². The number of hydrogen-bond donors (Lipinski definition) is 3. The number of ether oxygens (including phenoxy) is 2. The zero-order valence-electron chi connectivity index (χ0n) is 18.2. The number of aromatic nitrogens is 1. The first kappa shape index (κ1) is 21.0. The molecule has 3 N–H and O–H groups in total. The van der Waals surface area contributed by atoms with Crippen LogP contribution in [0.2, 0.25) is 0 Å². The molecule has 0 unspecified atom stereocenters. The number of rotatable bonds is 4. The van der Waals surface area contributed by atoms with Crippen molar-refractivity contribution in [1.82, 2.24) is 15.6 Å². The van der Waals surface area contributed by atoms with Crippen molar-refractivity contribution in [2.75, 3.05) is 5.32 Å². The fourth-order valence-corrected chi connectivity index (χ4v) is 3.83. The maximum atomic E-state index is 12.1. The van der Waals surface area contributed by atoms with Gasteiger partial charge >= 0.3 is 6.03 Å². The average molecular weight is 425 g/mol. The Morgan fingerprint density at radius 3 is 2.84 bits per heavy atom. The first-order valence-electron chi connectivity index (χ1n) is 10.4. The number of allylic oxidation sites excluding steroid dienone is 4. The third kappa shape index (κ3) is 4.57. The lowest BCUT2D eigenvalue weighted by Gasteiger charge is -2.21. The predicted octanol–water partition coefficient (Wildman–Crippen LogP) is 3.18. The van der Waals surface area contributed by atoms with Crippen molar-refractivity contribution in [1.29, 1.82) is 0 Å². The van der Waals surface area contributed by atoms with Gasteiger partial charge in [-0.3, -0.25) is 4.79 Å². The van der Waals surface area contributed by atoms with Crippen molar-refractivity contribution in [2.24, 2.45) is 5.92 Å². The molecule has 31 heavy (non-hydrogen) atoms. The summed E-state index contributed by atoms with van der Waals surface area (Å²) in [6.45, 7) is 11.8. The highest BCUT2D eigenvalue weighted by Gasteiger charge is 2.60. The van der Waals surface area contributed by atoms with Crippen LogP contribution < -0.4 is 20.7 Å². The molecule has 0 aromatic carbocycles. The van der Waals surface area contributed by atoms with E-state index in [1.54, 1.807) is 12.3 Å². The minimum atomic E-state index is -0.293. The Morgan fingerprint density at radius 2 is 2.16 bits per heavy atom. The van der Waals surface area contributed by atoms with Crippen LogP contribution in [0.4, 0.5) is 10.6 Å². The summed E-state index contributed by atoms with van der Waals surface area (Å²) < 4.78 is 11.9. The number of urea groups is 1. The summed E-state index contributed by atoms with van der Waals surface area (Å²) in [5, 5.41) is 8.61. The van der Waals surface area contributed by atoms with E-state index in [0.29, 0.717) is 35.9 Å². The second kappa shape index (κ2) is 7.76. The molecule has 2 fully saturated rings. The molecule has 1 aromatic rings. The molecule has 1 aliphatic carbocycles. The van der Waals surface area contributed by atoms with Crippen LogP contribution in [-0.2, 0) is 16.0 Å². The first-order chi connectivity index (χ1) is 14.6. The maximum Gasteiger partial charge on any atom is 0.315 e. The monoisotopic (exact) mass is 424 g/mol. The third-order valence-corrected chi connectivity index (χ3v) is 5.34. The van der Waals surface area contributed by atoms with E-state index >= 15 is 0 Å². The van der Waals surface area contributed by atoms with Crippen molar-refractivity contribution in [3.63, 3.8) is 0 Å². The zero-order valence-corrected chi connectivity index (χ0v) is 18.2. The van der Waals surface area contributed by atoms with E-state index in [4.69, 9.17) is 9.47 Å². The lowest BCUT2D eigenvalue weighted by molar-refractivity contribution is -0.116. The molecule has 8 heteroatoms. The summed E-state index contributed by atoms with van der Waals surface area (Å²) in [7, 11) is 0. The summed E-state index contributed by atoms with van der Waals surface area (Å²) in [4.78, 5) is 27.8. The normalized spacial score (nSPS) is 25.9. The van der Waals surface area contributed by atoms with E-state index in [2.05, 4.69) is 27.5 Å². The fourth-order valence-electron chi connectivity index (χ4n) is 3.83. The molecular weight excluding hydrogens is 396 g/mol. The number of anilines is 1. The topological polar surface area (TPSA) is 102 Å². The third-order valence-electron chi connectivity index (χ3n) is 5.34. The molecule has 1 saturated carbocycles. The highest BCUT2D eigenvalue weighted by Crippen LogP contribution is 2.50. The highest BCUT2D eigenvalue weighted by atomic mass is 16.5. The largest absolute Gasteiger partial charge is 0.487 e. The zero-order chi connectivity index (χ0) is 22.3. The van der Waals surface area contributed by atoms with E-state index in [1.165, 1.54) is 0 Å². The van der Waals surface area contributed by atoms with Crippen LogP contribution in [0.3, 0.4) is 0 Å². The molecule has 1 saturated heterocycles. The minimum absolute atomic E-state index is 0.0340. The predicted molar refractivity (Wildman–Crippen MR) is 116 cm³/mol. The van der Waals surface area contributed by atoms with Gasteiger partial charge in [-0.05, 0) is 57.9 Å². The number of carbonyl (C=O) groups excluding carboxylic acids is 2. The van der Waals surface area contributed by atoms with Crippen LogP contribution in [-0.4, -0.2) is 34.6 Å². The van der Waals surface area contributed by atoms with E-state index in [-0.39, 0.29) is 35.5 Å². The second-order valence-corrected chi connectivity index (χ2v) is 9.10. The second-order valence-electron chi connectivity index (χ2n) is 9.10. The summed E-state index contributed by atoms with van der Waals surface area (Å²) in [5.74, 6) is 2.68. The van der Waals surface area contributed by atoms with Crippen LogP contribution in [0.15, 0.2) is 48.1 Å². The molecule has 164 valence electrons. The molecule has 4 rings (SSSR count). The van der Waals surface area contributed by atoms with Gasteiger partial charge in [0.25, 0.3) is 0 Å². The Morgan fingerprint density at radius 1 is 1.39 bits per heavy atom.